The molecule has 1 rings (SSSR count). The molecule has 0 saturated carbocycles. The van der Waals surface area contributed by atoms with Crippen molar-refractivity contribution in [1.82, 2.24) is 0 Å². The molecule has 0 heteroatoms. The van der Waals surface area contributed by atoms with Crippen molar-refractivity contribution in [3.05, 3.63) is 41.3 Å². The largest absolute Gasteiger partial charge is 0.0588 e. The molecule has 0 saturated heterocycles. The van der Waals surface area contributed by atoms with Gasteiger partial charge in [-0.3, -0.25) is 0 Å². The molecule has 1 radical (unpaired) electrons. The van der Waals surface area contributed by atoms with Gasteiger partial charge in [0.15, 0.2) is 0 Å². The predicted molar refractivity (Wildman–Crippen MR) is 63.6 cm³/mol. The molecular formula is C14H21. The van der Waals surface area contributed by atoms with E-state index < -0.39 is 0 Å². The van der Waals surface area contributed by atoms with E-state index >= 15 is 0 Å². The Morgan fingerprint density at radius 3 is 2.29 bits per heavy atom. The number of hydrogen-bond donors (Lipinski definition) is 0. The van der Waals surface area contributed by atoms with E-state index in [2.05, 4.69) is 39.8 Å². The van der Waals surface area contributed by atoms with E-state index in [0.717, 1.165) is 6.42 Å². The fourth-order valence-corrected chi connectivity index (χ4v) is 1.87. The highest BCUT2D eigenvalue weighted by molar-refractivity contribution is 5.39. The zero-order chi connectivity index (χ0) is 10.6. The fraction of sp³-hybridized carbons (Fsp3) is 0.500. The Bertz CT molecular complexity index is 297. The third kappa shape index (κ3) is 2.60. The summed E-state index contributed by atoms with van der Waals surface area (Å²) in [6, 6.07) is 4.46. The molecule has 0 heterocycles. The van der Waals surface area contributed by atoms with E-state index in [9.17, 15) is 0 Å². The molecule has 0 spiro atoms. The first-order valence-electron chi connectivity index (χ1n) is 5.51. The van der Waals surface area contributed by atoms with Crippen molar-refractivity contribution in [3.8, 4) is 0 Å². The van der Waals surface area contributed by atoms with E-state index in [1.54, 1.807) is 5.56 Å². The molecule has 0 aliphatic heterocycles. The fourth-order valence-electron chi connectivity index (χ4n) is 1.87. The van der Waals surface area contributed by atoms with Crippen LogP contribution in [0.4, 0.5) is 0 Å². The standard InChI is InChI=1S/C14H21/c1-5-6-7-8-14-12(3)10-9-11(2)13(14)4/h9-10H,1,5-8H2,2-4H3. The van der Waals surface area contributed by atoms with Gasteiger partial charge >= 0.3 is 0 Å². The van der Waals surface area contributed by atoms with Gasteiger partial charge in [-0.25, -0.2) is 0 Å². The smallest absolute Gasteiger partial charge is 0.0274 e. The summed E-state index contributed by atoms with van der Waals surface area (Å²) in [6.45, 7) is 10.5. The van der Waals surface area contributed by atoms with Gasteiger partial charge in [-0.2, -0.15) is 0 Å². The summed E-state index contributed by atoms with van der Waals surface area (Å²) in [5.74, 6) is 0. The second-order valence-corrected chi connectivity index (χ2v) is 4.11. The van der Waals surface area contributed by atoms with Gasteiger partial charge in [-0.15, -0.1) is 0 Å². The zero-order valence-electron chi connectivity index (χ0n) is 9.69. The summed E-state index contributed by atoms with van der Waals surface area (Å²) in [4.78, 5) is 0. The molecule has 0 amide bonds. The van der Waals surface area contributed by atoms with E-state index in [4.69, 9.17) is 0 Å². The normalized spacial score (nSPS) is 10.6. The molecule has 0 bridgehead atoms. The highest BCUT2D eigenvalue weighted by Crippen LogP contribution is 2.19. The van der Waals surface area contributed by atoms with Crippen molar-refractivity contribution >= 4 is 0 Å². The van der Waals surface area contributed by atoms with Crippen LogP contribution < -0.4 is 0 Å². The molecule has 0 N–H and O–H groups in total. The van der Waals surface area contributed by atoms with Crippen molar-refractivity contribution in [2.24, 2.45) is 0 Å². The summed E-state index contributed by atoms with van der Waals surface area (Å²) in [6.07, 6.45) is 4.79. The van der Waals surface area contributed by atoms with Crippen molar-refractivity contribution in [2.45, 2.75) is 46.5 Å². The zero-order valence-corrected chi connectivity index (χ0v) is 9.69. The molecule has 0 nitrogen and oxygen atoms in total. The first-order chi connectivity index (χ1) is 6.66. The van der Waals surface area contributed by atoms with Gasteiger partial charge in [-0.05, 0) is 55.9 Å². The predicted octanol–water partition coefficient (Wildman–Crippen LogP) is 4.16. The van der Waals surface area contributed by atoms with Crippen LogP contribution in [0.2, 0.25) is 0 Å². The monoisotopic (exact) mass is 189 g/mol. The van der Waals surface area contributed by atoms with Crippen LogP contribution in [0.25, 0.3) is 0 Å². The minimum Gasteiger partial charge on any atom is -0.0588 e. The third-order valence-electron chi connectivity index (χ3n) is 3.03. The molecule has 0 aliphatic rings. The van der Waals surface area contributed by atoms with Gasteiger partial charge in [0.25, 0.3) is 0 Å². The minimum absolute atomic E-state index is 1.06. The van der Waals surface area contributed by atoms with Crippen LogP contribution in [-0.2, 0) is 6.42 Å². The van der Waals surface area contributed by atoms with Gasteiger partial charge < -0.3 is 0 Å². The Labute approximate surface area is 88.4 Å². The summed E-state index contributed by atoms with van der Waals surface area (Å²) < 4.78 is 0. The lowest BCUT2D eigenvalue weighted by atomic mass is 9.94. The molecule has 0 aromatic heterocycles. The number of hydrogen-bond acceptors (Lipinski definition) is 0. The number of unbranched alkanes of at least 4 members (excludes halogenated alkanes) is 2. The van der Waals surface area contributed by atoms with Crippen LogP contribution >= 0.6 is 0 Å². The second-order valence-electron chi connectivity index (χ2n) is 4.11. The lowest BCUT2D eigenvalue weighted by Crippen LogP contribution is -1.96. The Hall–Kier alpha value is -0.780. The summed E-state index contributed by atoms with van der Waals surface area (Å²) in [5, 5.41) is 0. The van der Waals surface area contributed by atoms with E-state index in [-0.39, 0.29) is 0 Å². The van der Waals surface area contributed by atoms with Crippen LogP contribution in [0, 0.1) is 27.7 Å². The van der Waals surface area contributed by atoms with Gasteiger partial charge in [0.1, 0.15) is 0 Å². The maximum Gasteiger partial charge on any atom is -0.0274 e. The highest BCUT2D eigenvalue weighted by Gasteiger charge is 2.03. The average Bonchev–Trinajstić information content (AvgIpc) is 2.18. The number of aryl methyl sites for hydroxylation is 2. The Morgan fingerprint density at radius 2 is 1.64 bits per heavy atom. The molecule has 14 heavy (non-hydrogen) atoms. The molecule has 1 aromatic rings. The van der Waals surface area contributed by atoms with Crippen molar-refractivity contribution in [2.75, 3.05) is 0 Å². The maximum absolute atomic E-state index is 3.88. The Kier molecular flexibility index (Phi) is 4.19. The molecule has 0 atom stereocenters. The molecule has 1 aromatic carbocycles. The van der Waals surface area contributed by atoms with Crippen molar-refractivity contribution in [3.63, 3.8) is 0 Å². The van der Waals surface area contributed by atoms with Crippen LogP contribution in [0.15, 0.2) is 12.1 Å². The first-order valence-corrected chi connectivity index (χ1v) is 5.51. The van der Waals surface area contributed by atoms with E-state index in [1.165, 1.54) is 36.0 Å². The molecular weight excluding hydrogens is 168 g/mol. The Balaban J connectivity index is 2.79. The quantitative estimate of drug-likeness (QED) is 0.624. The molecule has 0 aliphatic carbocycles. The van der Waals surface area contributed by atoms with Crippen LogP contribution in [-0.4, -0.2) is 0 Å². The first kappa shape index (κ1) is 11.3. The molecule has 0 unspecified atom stereocenters. The topological polar surface area (TPSA) is 0 Å². The summed E-state index contributed by atoms with van der Waals surface area (Å²) in [5.41, 5.74) is 5.89. The molecule has 0 fully saturated rings. The van der Waals surface area contributed by atoms with Gasteiger partial charge in [0, 0.05) is 0 Å². The SMILES string of the molecule is [CH2]CCCCc1c(C)ccc(C)c1C. The van der Waals surface area contributed by atoms with E-state index in [0.29, 0.717) is 0 Å². The number of rotatable bonds is 4. The van der Waals surface area contributed by atoms with Crippen molar-refractivity contribution < 1.29 is 0 Å². The lowest BCUT2D eigenvalue weighted by molar-refractivity contribution is 0.740. The Morgan fingerprint density at radius 1 is 1.00 bits per heavy atom. The van der Waals surface area contributed by atoms with Gasteiger partial charge in [0.05, 0.1) is 0 Å². The lowest BCUT2D eigenvalue weighted by Gasteiger charge is -2.11. The average molecular weight is 189 g/mol. The van der Waals surface area contributed by atoms with Crippen molar-refractivity contribution in [1.29, 1.82) is 0 Å². The van der Waals surface area contributed by atoms with Gasteiger partial charge in [0.2, 0.25) is 0 Å². The van der Waals surface area contributed by atoms with Gasteiger partial charge in [-0.1, -0.05) is 31.9 Å². The summed E-state index contributed by atoms with van der Waals surface area (Å²) in [7, 11) is 0. The third-order valence-corrected chi connectivity index (χ3v) is 3.03. The highest BCUT2D eigenvalue weighted by atomic mass is 14.1. The van der Waals surface area contributed by atoms with Crippen LogP contribution in [0.5, 0.6) is 0 Å². The maximum atomic E-state index is 3.88. The summed E-state index contributed by atoms with van der Waals surface area (Å²) >= 11 is 0. The second kappa shape index (κ2) is 5.19. The molecule has 77 valence electrons. The van der Waals surface area contributed by atoms with Crippen LogP contribution in [0.3, 0.4) is 0 Å². The minimum atomic E-state index is 1.06. The number of benzene rings is 1. The van der Waals surface area contributed by atoms with E-state index in [1.807, 2.05) is 0 Å². The van der Waals surface area contributed by atoms with Crippen LogP contribution in [0.1, 0.15) is 41.5 Å².